The van der Waals surface area contributed by atoms with Crippen LogP contribution in [-0.2, 0) is 11.3 Å². The fraction of sp³-hybridized carbons (Fsp3) is 0.429. The van der Waals surface area contributed by atoms with E-state index in [0.29, 0.717) is 47.9 Å². The summed E-state index contributed by atoms with van der Waals surface area (Å²) in [6, 6.07) is 12.4. The number of likely N-dealkylation sites (N-methyl/N-ethyl adjacent to an activating group) is 1. The molecule has 1 N–H and O–H groups in total. The van der Waals surface area contributed by atoms with Gasteiger partial charge in [-0.1, -0.05) is 41.4 Å². The van der Waals surface area contributed by atoms with Gasteiger partial charge in [0.2, 0.25) is 0 Å². The first kappa shape index (κ1) is 32.0. The number of hydrogen-bond donors (Lipinski definition) is 1. The second-order valence-electron chi connectivity index (χ2n) is 13.1. The van der Waals surface area contributed by atoms with Crippen LogP contribution in [0.3, 0.4) is 0 Å². The lowest BCUT2D eigenvalue weighted by Crippen LogP contribution is -2.55. The van der Waals surface area contributed by atoms with Crippen molar-refractivity contribution >= 4 is 46.5 Å². The van der Waals surface area contributed by atoms with E-state index in [1.807, 2.05) is 6.07 Å². The van der Waals surface area contributed by atoms with Crippen LogP contribution in [-0.4, -0.2) is 91.0 Å². The highest BCUT2D eigenvalue weighted by molar-refractivity contribution is 6.40. The summed E-state index contributed by atoms with van der Waals surface area (Å²) < 4.78 is 27.6. The number of ether oxygens (including phenoxy) is 2. The average molecular weight is 684 g/mol. The minimum Gasteiger partial charge on any atom is -0.478 e. The number of aromatic carboxylic acids is 1. The topological polar surface area (TPSA) is 85.8 Å². The van der Waals surface area contributed by atoms with Crippen molar-refractivity contribution < 1.29 is 28.6 Å². The van der Waals surface area contributed by atoms with Crippen LogP contribution >= 0.6 is 23.2 Å². The van der Waals surface area contributed by atoms with Crippen molar-refractivity contribution in [3.8, 4) is 16.9 Å². The second kappa shape index (κ2) is 12.5. The van der Waals surface area contributed by atoms with Crippen LogP contribution in [0.5, 0.6) is 5.75 Å². The SMILES string of the molecule is CC1CN(c2cc(Cl)c(C(=O)N3COc4c(cccc4-c4cc(N5C6CCC5COC6)c(C(=O)O)cc4F)C3)c(Cl)c2)CC(C)N1C. The lowest BCUT2D eigenvalue weighted by molar-refractivity contribution is 0.0516. The molecule has 3 aromatic carbocycles. The van der Waals surface area contributed by atoms with Crippen molar-refractivity contribution in [3.05, 3.63) is 75.0 Å². The van der Waals surface area contributed by atoms with Crippen molar-refractivity contribution in [2.45, 2.75) is 57.4 Å². The van der Waals surface area contributed by atoms with Crippen LogP contribution in [0.1, 0.15) is 53.0 Å². The fourth-order valence-corrected chi connectivity index (χ4v) is 8.15. The number of piperazine rings is 1. The first-order valence-electron chi connectivity index (χ1n) is 15.9. The summed E-state index contributed by atoms with van der Waals surface area (Å²) in [4.78, 5) is 34.2. The predicted octanol–water partition coefficient (Wildman–Crippen LogP) is 6.39. The highest BCUT2D eigenvalue weighted by atomic mass is 35.5. The molecule has 47 heavy (non-hydrogen) atoms. The number of fused-ring (bicyclic) bond motifs is 3. The Hall–Kier alpha value is -3.57. The minimum atomic E-state index is -1.19. The number of carbonyl (C=O) groups excluding carboxylic acids is 1. The number of benzene rings is 3. The number of hydrogen-bond acceptors (Lipinski definition) is 7. The van der Waals surface area contributed by atoms with E-state index < -0.39 is 11.8 Å². The van der Waals surface area contributed by atoms with Crippen LogP contribution < -0.4 is 14.5 Å². The summed E-state index contributed by atoms with van der Waals surface area (Å²) >= 11 is 13.5. The quantitative estimate of drug-likeness (QED) is 0.332. The normalized spacial score (nSPS) is 24.3. The predicted molar refractivity (Wildman–Crippen MR) is 180 cm³/mol. The maximum atomic E-state index is 15.7. The Morgan fingerprint density at radius 1 is 0.957 bits per heavy atom. The lowest BCUT2D eigenvalue weighted by Gasteiger charge is -2.43. The van der Waals surface area contributed by atoms with Crippen molar-refractivity contribution in [2.24, 2.45) is 0 Å². The van der Waals surface area contributed by atoms with Crippen LogP contribution in [0.4, 0.5) is 15.8 Å². The van der Waals surface area contributed by atoms with Crippen molar-refractivity contribution in [1.29, 1.82) is 0 Å². The maximum absolute atomic E-state index is 15.7. The Bertz CT molecular complexity index is 1710. The second-order valence-corrected chi connectivity index (χ2v) is 13.9. The molecule has 0 spiro atoms. The minimum absolute atomic E-state index is 0.0343. The first-order chi connectivity index (χ1) is 22.5. The summed E-state index contributed by atoms with van der Waals surface area (Å²) in [6.45, 7) is 7.08. The van der Waals surface area contributed by atoms with Gasteiger partial charge in [0.05, 0.1) is 58.7 Å². The fourth-order valence-electron chi connectivity index (χ4n) is 7.51. The maximum Gasteiger partial charge on any atom is 0.337 e. The standard InChI is InChI=1S/C35H37Cl2FN4O5/c1-19-13-40(14-20(2)39(19)3)24-9-28(36)32(29(37)10-24)34(43)41-15-21-5-4-6-25(33(21)47-18-41)26-12-31(27(35(44)45)11-30(26)38)42-22-7-8-23(42)17-46-16-22/h4-6,9-12,19-20,22-23H,7-8,13-18H2,1-3H3,(H,44,45). The molecular formula is C35H37Cl2FN4O5. The number of anilines is 2. The molecule has 2 bridgehead atoms. The number of carbonyl (C=O) groups is 2. The Morgan fingerprint density at radius 2 is 1.62 bits per heavy atom. The van der Waals surface area contributed by atoms with Gasteiger partial charge in [0.25, 0.3) is 5.91 Å². The van der Waals surface area contributed by atoms with E-state index in [0.717, 1.165) is 37.7 Å². The third-order valence-corrected chi connectivity index (χ3v) is 10.8. The van der Waals surface area contributed by atoms with Gasteiger partial charge in [-0.15, -0.1) is 0 Å². The summed E-state index contributed by atoms with van der Waals surface area (Å²) in [7, 11) is 2.12. The van der Waals surface area contributed by atoms with Gasteiger partial charge in [0.1, 0.15) is 11.6 Å². The molecule has 3 fully saturated rings. The van der Waals surface area contributed by atoms with E-state index in [1.54, 1.807) is 30.3 Å². The van der Waals surface area contributed by atoms with E-state index in [2.05, 4.69) is 35.6 Å². The van der Waals surface area contributed by atoms with Crippen LogP contribution in [0.15, 0.2) is 42.5 Å². The van der Waals surface area contributed by atoms with Crippen molar-refractivity contribution in [2.75, 3.05) is 49.9 Å². The van der Waals surface area contributed by atoms with Gasteiger partial charge in [-0.05, 0) is 58.0 Å². The first-order valence-corrected chi connectivity index (χ1v) is 16.7. The number of carboxylic acids is 1. The van der Waals surface area contributed by atoms with Crippen LogP contribution in [0.25, 0.3) is 11.1 Å². The Kier molecular flexibility index (Phi) is 8.49. The Balaban J connectivity index is 1.17. The van der Waals surface area contributed by atoms with Gasteiger partial charge >= 0.3 is 5.97 Å². The number of halogens is 3. The van der Waals surface area contributed by atoms with E-state index in [9.17, 15) is 14.7 Å². The summed E-state index contributed by atoms with van der Waals surface area (Å²) in [5, 5.41) is 10.5. The van der Waals surface area contributed by atoms with Gasteiger partial charge in [-0.2, -0.15) is 0 Å². The van der Waals surface area contributed by atoms with E-state index in [-0.39, 0.29) is 58.0 Å². The number of morpholine rings is 1. The molecule has 4 heterocycles. The zero-order chi connectivity index (χ0) is 33.1. The number of carboxylic acid groups (broad SMARTS) is 1. The monoisotopic (exact) mass is 682 g/mol. The molecule has 1 amide bonds. The third-order valence-electron chi connectivity index (χ3n) is 10.2. The third kappa shape index (κ3) is 5.69. The molecule has 0 radical (unpaired) electrons. The van der Waals surface area contributed by atoms with Gasteiger partial charge in [-0.25, -0.2) is 9.18 Å². The van der Waals surface area contributed by atoms with Gasteiger partial charge in [0, 0.05) is 47.6 Å². The molecule has 4 aliphatic rings. The molecule has 3 saturated heterocycles. The van der Waals surface area contributed by atoms with Gasteiger partial charge < -0.3 is 29.3 Å². The highest BCUT2D eigenvalue weighted by Gasteiger charge is 2.40. The number of nitrogens with zero attached hydrogens (tertiary/aromatic N) is 4. The number of amides is 1. The smallest absolute Gasteiger partial charge is 0.337 e. The molecule has 0 aromatic heterocycles. The molecule has 9 nitrogen and oxygen atoms in total. The molecule has 12 heteroatoms. The van der Waals surface area contributed by atoms with Gasteiger partial charge in [0.15, 0.2) is 6.73 Å². The molecule has 0 saturated carbocycles. The van der Waals surface area contributed by atoms with Crippen molar-refractivity contribution in [3.63, 3.8) is 0 Å². The molecule has 3 aromatic rings. The molecule has 4 aliphatic heterocycles. The zero-order valence-corrected chi connectivity index (χ0v) is 28.0. The summed E-state index contributed by atoms with van der Waals surface area (Å²) in [6.07, 6.45) is 1.77. The average Bonchev–Trinajstić information content (AvgIpc) is 3.29. The molecular weight excluding hydrogens is 646 g/mol. The highest BCUT2D eigenvalue weighted by Crippen LogP contribution is 2.43. The Labute approximate surface area is 283 Å². The van der Waals surface area contributed by atoms with Gasteiger partial charge in [-0.3, -0.25) is 9.69 Å². The molecule has 248 valence electrons. The number of para-hydroxylation sites is 1. The van der Waals surface area contributed by atoms with E-state index in [1.165, 1.54) is 4.90 Å². The molecule has 4 unspecified atom stereocenters. The summed E-state index contributed by atoms with van der Waals surface area (Å²) in [5.41, 5.74) is 2.88. The largest absolute Gasteiger partial charge is 0.478 e. The lowest BCUT2D eigenvalue weighted by atomic mass is 9.96. The van der Waals surface area contributed by atoms with Crippen LogP contribution in [0, 0.1) is 5.82 Å². The van der Waals surface area contributed by atoms with Crippen molar-refractivity contribution in [1.82, 2.24) is 9.80 Å². The Morgan fingerprint density at radius 3 is 2.26 bits per heavy atom. The molecule has 0 aliphatic carbocycles. The number of rotatable bonds is 5. The molecule has 7 rings (SSSR count). The summed E-state index contributed by atoms with van der Waals surface area (Å²) in [5.74, 6) is -1.77. The van der Waals surface area contributed by atoms with E-state index >= 15 is 4.39 Å². The zero-order valence-electron chi connectivity index (χ0n) is 26.5. The van der Waals surface area contributed by atoms with E-state index in [4.69, 9.17) is 32.7 Å². The molecule has 4 atom stereocenters. The van der Waals surface area contributed by atoms with Crippen LogP contribution in [0.2, 0.25) is 10.0 Å².